The highest BCUT2D eigenvalue weighted by Crippen LogP contribution is 2.48. The Balaban J connectivity index is 1.45. The van der Waals surface area contributed by atoms with Gasteiger partial charge in [0.05, 0.1) is 41.6 Å². The molecule has 3 atom stereocenters. The fourth-order valence-electron chi connectivity index (χ4n) is 4.08. The van der Waals surface area contributed by atoms with Gasteiger partial charge in [0.15, 0.2) is 11.5 Å². The second-order valence-electron chi connectivity index (χ2n) is 7.85. The summed E-state index contributed by atoms with van der Waals surface area (Å²) in [5, 5.41) is 11.7. The number of hydrogen-bond acceptors (Lipinski definition) is 6. The molecule has 33 heavy (non-hydrogen) atoms. The molecule has 0 spiro atoms. The number of anilines is 2. The van der Waals surface area contributed by atoms with Gasteiger partial charge in [-0.15, -0.1) is 0 Å². The first kappa shape index (κ1) is 21.9. The fraction of sp³-hybridized carbons (Fsp3) is 0.208. The maximum absolute atomic E-state index is 12.6. The molecule has 1 N–H and O–H groups in total. The van der Waals surface area contributed by atoms with Crippen LogP contribution in [0.3, 0.4) is 0 Å². The van der Waals surface area contributed by atoms with Gasteiger partial charge in [-0.25, -0.2) is 0 Å². The maximum Gasteiger partial charge on any atom is 0.281 e. The van der Waals surface area contributed by atoms with Gasteiger partial charge in [0.25, 0.3) is 10.0 Å². The number of aliphatic hydroxyl groups is 1. The van der Waals surface area contributed by atoms with Crippen LogP contribution in [0.15, 0.2) is 82.1 Å². The number of para-hydroxylation sites is 4. The molecule has 9 heteroatoms. The minimum atomic E-state index is -3.93. The first-order valence-corrected chi connectivity index (χ1v) is 12.2. The van der Waals surface area contributed by atoms with Gasteiger partial charge >= 0.3 is 0 Å². The molecular weight excluding hydrogens is 464 g/mol. The van der Waals surface area contributed by atoms with Crippen molar-refractivity contribution < 1.29 is 23.0 Å². The van der Waals surface area contributed by atoms with Crippen LogP contribution in [0.5, 0.6) is 11.5 Å². The van der Waals surface area contributed by atoms with Gasteiger partial charge in [-0.05, 0) is 48.5 Å². The van der Waals surface area contributed by atoms with E-state index in [1.165, 1.54) is 30.5 Å². The quantitative estimate of drug-likeness (QED) is 0.551. The summed E-state index contributed by atoms with van der Waals surface area (Å²) in [6, 6.07) is 20.4. The van der Waals surface area contributed by atoms with Gasteiger partial charge in [-0.3, -0.25) is 0 Å². The summed E-state index contributed by atoms with van der Waals surface area (Å²) in [7, 11) is -3.93. The van der Waals surface area contributed by atoms with E-state index in [-0.39, 0.29) is 18.1 Å². The van der Waals surface area contributed by atoms with E-state index in [1.54, 1.807) is 0 Å². The molecule has 2 heterocycles. The third kappa shape index (κ3) is 4.22. The van der Waals surface area contributed by atoms with Crippen LogP contribution < -0.4 is 9.64 Å². The first-order valence-electron chi connectivity index (χ1n) is 10.4. The van der Waals surface area contributed by atoms with E-state index in [2.05, 4.69) is 4.40 Å². The summed E-state index contributed by atoms with van der Waals surface area (Å²) in [6.45, 7) is 0.420. The topological polar surface area (TPSA) is 88.4 Å². The predicted octanol–water partition coefficient (Wildman–Crippen LogP) is 4.42. The fourth-order valence-corrected chi connectivity index (χ4v) is 5.13. The molecule has 2 aliphatic rings. The highest BCUT2D eigenvalue weighted by Gasteiger charge is 2.40. The van der Waals surface area contributed by atoms with Crippen LogP contribution in [0.25, 0.3) is 0 Å². The molecule has 0 aliphatic carbocycles. The molecule has 1 saturated heterocycles. The Morgan fingerprint density at radius 2 is 1.55 bits per heavy atom. The van der Waals surface area contributed by atoms with E-state index in [0.29, 0.717) is 16.5 Å². The first-order chi connectivity index (χ1) is 15.9. The summed E-state index contributed by atoms with van der Waals surface area (Å²) in [5.41, 5.74) is 1.60. The van der Waals surface area contributed by atoms with Crippen molar-refractivity contribution in [1.82, 2.24) is 0 Å². The summed E-state index contributed by atoms with van der Waals surface area (Å²) in [4.78, 5) is 2.02. The number of halogens is 1. The smallest absolute Gasteiger partial charge is 0.281 e. The summed E-state index contributed by atoms with van der Waals surface area (Å²) >= 11 is 5.85. The number of benzene rings is 3. The Bertz CT molecular complexity index is 1250. The van der Waals surface area contributed by atoms with Gasteiger partial charge < -0.3 is 19.5 Å². The molecule has 170 valence electrons. The van der Waals surface area contributed by atoms with Gasteiger partial charge in [-0.1, -0.05) is 35.9 Å². The van der Waals surface area contributed by atoms with Crippen LogP contribution in [0, 0.1) is 5.92 Å². The van der Waals surface area contributed by atoms with E-state index in [9.17, 15) is 13.5 Å². The maximum atomic E-state index is 12.6. The normalized spacial score (nSPS) is 22.5. The van der Waals surface area contributed by atoms with Gasteiger partial charge in [-0.2, -0.15) is 12.8 Å². The molecule has 0 aromatic heterocycles. The number of hydrogen-bond donors (Lipinski definition) is 1. The number of rotatable bonds is 4. The van der Waals surface area contributed by atoms with E-state index in [0.717, 1.165) is 11.4 Å². The van der Waals surface area contributed by atoms with Gasteiger partial charge in [0.1, 0.15) is 0 Å². The number of fused-ring (bicyclic) bond motifs is 2. The minimum Gasteiger partial charge on any atom is -0.453 e. The summed E-state index contributed by atoms with van der Waals surface area (Å²) < 4.78 is 40.9. The molecule has 0 radical (unpaired) electrons. The van der Waals surface area contributed by atoms with Gasteiger partial charge in [0, 0.05) is 17.2 Å². The standard InChI is InChI=1S/C24H21ClN2O5S/c25-17-9-11-18(12-10-17)33(29,30)26-13-16-14-31-15-21(24(16)28)27-19-5-1-3-7-22(19)32-23-8-4-2-6-20(23)27/h1-13,16,21,24,28H,14-15H2/b26-13-/t16?,21-,24-/m0/s1. The van der Waals surface area contributed by atoms with Crippen molar-refractivity contribution in [2.75, 3.05) is 18.1 Å². The molecule has 7 nitrogen and oxygen atoms in total. The molecule has 0 saturated carbocycles. The number of aliphatic hydroxyl groups excluding tert-OH is 1. The second kappa shape index (κ2) is 8.79. The van der Waals surface area contributed by atoms with Crippen molar-refractivity contribution >= 4 is 39.2 Å². The summed E-state index contributed by atoms with van der Waals surface area (Å²) in [5.74, 6) is 0.724. The monoisotopic (exact) mass is 484 g/mol. The zero-order valence-electron chi connectivity index (χ0n) is 17.4. The van der Waals surface area contributed by atoms with E-state index in [4.69, 9.17) is 21.1 Å². The highest BCUT2D eigenvalue weighted by atomic mass is 35.5. The summed E-state index contributed by atoms with van der Waals surface area (Å²) in [6.07, 6.45) is 0.334. The average Bonchev–Trinajstić information content (AvgIpc) is 2.82. The van der Waals surface area contributed by atoms with Crippen LogP contribution in [-0.4, -0.2) is 45.1 Å². The van der Waals surface area contributed by atoms with Crippen LogP contribution in [0.4, 0.5) is 11.4 Å². The van der Waals surface area contributed by atoms with Crippen molar-refractivity contribution in [3.63, 3.8) is 0 Å². The molecule has 5 rings (SSSR count). The second-order valence-corrected chi connectivity index (χ2v) is 9.92. The van der Waals surface area contributed by atoms with E-state index in [1.807, 2.05) is 53.4 Å². The van der Waals surface area contributed by atoms with Crippen molar-refractivity contribution in [2.45, 2.75) is 17.0 Å². The lowest BCUT2D eigenvalue weighted by Crippen LogP contribution is -2.53. The molecule has 3 aromatic carbocycles. The van der Waals surface area contributed by atoms with Gasteiger partial charge in [0.2, 0.25) is 0 Å². The Hall–Kier alpha value is -2.91. The van der Waals surface area contributed by atoms with Crippen molar-refractivity contribution in [3.8, 4) is 11.5 Å². The largest absolute Gasteiger partial charge is 0.453 e. The molecule has 1 unspecified atom stereocenters. The van der Waals surface area contributed by atoms with E-state index >= 15 is 0 Å². The highest BCUT2D eigenvalue weighted by molar-refractivity contribution is 7.90. The third-order valence-corrected chi connectivity index (χ3v) is 7.25. The molecule has 3 aromatic rings. The van der Waals surface area contributed by atoms with Crippen LogP contribution >= 0.6 is 11.6 Å². The zero-order chi connectivity index (χ0) is 23.0. The number of ether oxygens (including phenoxy) is 2. The lowest BCUT2D eigenvalue weighted by Gasteiger charge is -2.43. The van der Waals surface area contributed by atoms with Crippen LogP contribution in [-0.2, 0) is 14.8 Å². The lowest BCUT2D eigenvalue weighted by atomic mass is 9.93. The third-order valence-electron chi connectivity index (χ3n) is 5.74. The number of nitrogens with zero attached hydrogens (tertiary/aromatic N) is 2. The molecule has 2 aliphatic heterocycles. The lowest BCUT2D eigenvalue weighted by molar-refractivity contribution is -0.0254. The molecule has 0 bridgehead atoms. The average molecular weight is 485 g/mol. The van der Waals surface area contributed by atoms with E-state index < -0.39 is 28.1 Å². The Morgan fingerprint density at radius 1 is 0.939 bits per heavy atom. The van der Waals surface area contributed by atoms with Crippen molar-refractivity contribution in [2.24, 2.45) is 10.3 Å². The van der Waals surface area contributed by atoms with Crippen LogP contribution in [0.1, 0.15) is 0 Å². The predicted molar refractivity (Wildman–Crippen MR) is 126 cm³/mol. The molecule has 0 amide bonds. The Kier molecular flexibility index (Phi) is 5.84. The van der Waals surface area contributed by atoms with Crippen molar-refractivity contribution in [3.05, 3.63) is 77.8 Å². The minimum absolute atomic E-state index is 0.0296. The van der Waals surface area contributed by atoms with Crippen LogP contribution in [0.2, 0.25) is 5.02 Å². The SMILES string of the molecule is O=S(=O)(/N=C\C1COC[C@H](N2c3ccccc3Oc3ccccc32)[C@H]1O)c1ccc(Cl)cc1. The molecular formula is C24H21ClN2O5S. The Morgan fingerprint density at radius 3 is 2.18 bits per heavy atom. The van der Waals surface area contributed by atoms with Crippen molar-refractivity contribution in [1.29, 1.82) is 0 Å². The zero-order valence-corrected chi connectivity index (χ0v) is 19.0. The number of sulfonamides is 1. The molecule has 1 fully saturated rings. The Labute approximate surface area is 196 Å².